The molecule has 0 unspecified atom stereocenters. The van der Waals surface area contributed by atoms with Crippen LogP contribution in [0.3, 0.4) is 0 Å². The van der Waals surface area contributed by atoms with Crippen LogP contribution in [-0.4, -0.2) is 32.8 Å². The normalized spacial score (nSPS) is 12.2. The molecule has 6 nitrogen and oxygen atoms in total. The van der Waals surface area contributed by atoms with E-state index in [1.54, 1.807) is 42.1 Å². The number of carboxylic acid groups (broad SMARTS) is 1. The topological polar surface area (TPSA) is 84.2 Å². The monoisotopic (exact) mass is 349 g/mol. The Morgan fingerprint density at radius 1 is 1.29 bits per heavy atom. The molecule has 0 aliphatic heterocycles. The molecule has 128 valence electrons. The van der Waals surface area contributed by atoms with Gasteiger partial charge < -0.3 is 10.4 Å². The lowest BCUT2D eigenvalue weighted by Crippen LogP contribution is -2.41. The molecule has 1 atom stereocenters. The van der Waals surface area contributed by atoms with E-state index in [-0.39, 0.29) is 5.92 Å². The molecule has 0 spiro atoms. The molecule has 0 fully saturated rings. The third kappa shape index (κ3) is 4.35. The van der Waals surface area contributed by atoms with Crippen molar-refractivity contribution >= 4 is 23.5 Å². The van der Waals surface area contributed by atoms with Crippen molar-refractivity contribution in [3.8, 4) is 5.69 Å². The fourth-order valence-electron chi connectivity index (χ4n) is 2.34. The van der Waals surface area contributed by atoms with E-state index in [1.165, 1.54) is 0 Å². The maximum Gasteiger partial charge on any atom is 0.326 e. The summed E-state index contributed by atoms with van der Waals surface area (Å²) in [5, 5.41) is 16.7. The molecule has 0 bridgehead atoms. The fourth-order valence-corrected chi connectivity index (χ4v) is 2.46. The molecule has 2 rings (SSSR count). The predicted molar refractivity (Wildman–Crippen MR) is 91.7 cm³/mol. The molecule has 0 aliphatic rings. The minimum absolute atomic E-state index is 0.157. The average molecular weight is 350 g/mol. The number of amides is 1. The zero-order valence-corrected chi connectivity index (χ0v) is 14.5. The van der Waals surface area contributed by atoms with E-state index in [0.717, 1.165) is 5.69 Å². The van der Waals surface area contributed by atoms with Crippen molar-refractivity contribution in [3.05, 3.63) is 46.7 Å². The van der Waals surface area contributed by atoms with E-state index in [9.17, 15) is 14.7 Å². The third-order valence-corrected chi connectivity index (χ3v) is 3.80. The second kappa shape index (κ2) is 7.49. The standard InChI is InChI=1S/C17H20ClN3O3/c1-10(2)8-15(17(23)24)19-16(22)14-9-21(20-11(14)3)13-6-4-12(18)5-7-13/h4-7,9-10,15H,8H2,1-3H3,(H,19,22)(H,23,24)/t15-/m0/s1. The molecular formula is C17H20ClN3O3. The summed E-state index contributed by atoms with van der Waals surface area (Å²) in [5.74, 6) is -1.33. The zero-order chi connectivity index (χ0) is 17.9. The number of benzene rings is 1. The second-order valence-corrected chi connectivity index (χ2v) is 6.48. The number of carboxylic acids is 1. The summed E-state index contributed by atoms with van der Waals surface area (Å²) >= 11 is 5.87. The number of nitrogens with one attached hydrogen (secondary N) is 1. The van der Waals surface area contributed by atoms with E-state index in [2.05, 4.69) is 10.4 Å². The van der Waals surface area contributed by atoms with Gasteiger partial charge in [0.2, 0.25) is 0 Å². The third-order valence-electron chi connectivity index (χ3n) is 3.55. The Bertz CT molecular complexity index is 738. The highest BCUT2D eigenvalue weighted by atomic mass is 35.5. The average Bonchev–Trinajstić information content (AvgIpc) is 2.88. The predicted octanol–water partition coefficient (Wildman–Crippen LogP) is 3.06. The van der Waals surface area contributed by atoms with Crippen LogP contribution in [-0.2, 0) is 4.79 Å². The van der Waals surface area contributed by atoms with Crippen LogP contribution in [0.4, 0.5) is 0 Å². The van der Waals surface area contributed by atoms with Gasteiger partial charge in [-0.15, -0.1) is 0 Å². The fraction of sp³-hybridized carbons (Fsp3) is 0.353. The molecule has 2 N–H and O–H groups in total. The molecule has 0 saturated heterocycles. The minimum Gasteiger partial charge on any atom is -0.480 e. The summed E-state index contributed by atoms with van der Waals surface area (Å²) in [5.41, 5.74) is 1.63. The van der Waals surface area contributed by atoms with Crippen LogP contribution >= 0.6 is 11.6 Å². The van der Waals surface area contributed by atoms with Crippen LogP contribution in [0.25, 0.3) is 5.69 Å². The first-order valence-electron chi connectivity index (χ1n) is 7.63. The molecule has 1 aromatic heterocycles. The molecule has 0 saturated carbocycles. The number of aromatic nitrogens is 2. The second-order valence-electron chi connectivity index (χ2n) is 6.04. The Morgan fingerprint density at radius 2 is 1.92 bits per heavy atom. The van der Waals surface area contributed by atoms with Gasteiger partial charge in [-0.2, -0.15) is 5.10 Å². The number of halogens is 1. The number of nitrogens with zero attached hydrogens (tertiary/aromatic N) is 2. The Morgan fingerprint density at radius 3 is 2.46 bits per heavy atom. The summed E-state index contributed by atoms with van der Waals surface area (Å²) in [6.45, 7) is 5.53. The van der Waals surface area contributed by atoms with E-state index in [4.69, 9.17) is 11.6 Å². The van der Waals surface area contributed by atoms with Gasteiger partial charge in [-0.25, -0.2) is 9.48 Å². The summed E-state index contributed by atoms with van der Waals surface area (Å²) in [4.78, 5) is 23.7. The molecule has 0 radical (unpaired) electrons. The van der Waals surface area contributed by atoms with Crippen LogP contribution in [0.5, 0.6) is 0 Å². The summed E-state index contributed by atoms with van der Waals surface area (Å²) < 4.78 is 1.57. The highest BCUT2D eigenvalue weighted by Gasteiger charge is 2.23. The van der Waals surface area contributed by atoms with Gasteiger partial charge in [0.1, 0.15) is 6.04 Å². The van der Waals surface area contributed by atoms with Crippen LogP contribution in [0, 0.1) is 12.8 Å². The lowest BCUT2D eigenvalue weighted by Gasteiger charge is -2.16. The maximum absolute atomic E-state index is 12.4. The molecule has 1 amide bonds. The van der Waals surface area contributed by atoms with Crippen molar-refractivity contribution in [2.75, 3.05) is 0 Å². The maximum atomic E-state index is 12.4. The van der Waals surface area contributed by atoms with Crippen molar-refractivity contribution in [3.63, 3.8) is 0 Å². The zero-order valence-electron chi connectivity index (χ0n) is 13.8. The molecule has 24 heavy (non-hydrogen) atoms. The quantitative estimate of drug-likeness (QED) is 0.839. The Balaban J connectivity index is 2.21. The number of carbonyl (C=O) groups excluding carboxylic acids is 1. The highest BCUT2D eigenvalue weighted by Crippen LogP contribution is 2.16. The van der Waals surface area contributed by atoms with Crippen molar-refractivity contribution in [1.82, 2.24) is 15.1 Å². The summed E-state index contributed by atoms with van der Waals surface area (Å²) in [6.07, 6.45) is 1.95. The van der Waals surface area contributed by atoms with E-state index >= 15 is 0 Å². The number of hydrogen-bond donors (Lipinski definition) is 2. The Labute approximate surface area is 145 Å². The van der Waals surface area contributed by atoms with Crippen molar-refractivity contribution in [2.45, 2.75) is 33.2 Å². The number of carbonyl (C=O) groups is 2. The summed E-state index contributed by atoms with van der Waals surface area (Å²) in [6, 6.07) is 6.12. The van der Waals surface area contributed by atoms with Gasteiger partial charge in [0.05, 0.1) is 16.9 Å². The molecule has 7 heteroatoms. The number of rotatable bonds is 6. The van der Waals surface area contributed by atoms with Crippen LogP contribution in [0.15, 0.2) is 30.5 Å². The van der Waals surface area contributed by atoms with Gasteiger partial charge in [-0.3, -0.25) is 4.79 Å². The Hall–Kier alpha value is -2.34. The highest BCUT2D eigenvalue weighted by molar-refractivity contribution is 6.30. The van der Waals surface area contributed by atoms with Gasteiger partial charge in [0, 0.05) is 11.2 Å². The minimum atomic E-state index is -1.04. The molecule has 1 aromatic carbocycles. The van der Waals surface area contributed by atoms with E-state index in [1.807, 2.05) is 13.8 Å². The van der Waals surface area contributed by atoms with Crippen molar-refractivity contribution in [1.29, 1.82) is 0 Å². The SMILES string of the molecule is Cc1nn(-c2ccc(Cl)cc2)cc1C(=O)N[C@@H](CC(C)C)C(=O)O. The molecule has 2 aromatic rings. The first kappa shape index (κ1) is 18.0. The van der Waals surface area contributed by atoms with Gasteiger partial charge in [0.25, 0.3) is 5.91 Å². The van der Waals surface area contributed by atoms with Gasteiger partial charge in [-0.1, -0.05) is 25.4 Å². The van der Waals surface area contributed by atoms with Crippen molar-refractivity contribution < 1.29 is 14.7 Å². The lowest BCUT2D eigenvalue weighted by atomic mass is 10.0. The molecule has 0 aliphatic carbocycles. The number of aryl methyl sites for hydroxylation is 1. The van der Waals surface area contributed by atoms with Crippen LogP contribution in [0.2, 0.25) is 5.02 Å². The lowest BCUT2D eigenvalue weighted by molar-refractivity contribution is -0.139. The van der Waals surface area contributed by atoms with Gasteiger partial charge in [-0.05, 0) is 43.5 Å². The Kier molecular flexibility index (Phi) is 5.62. The first-order valence-corrected chi connectivity index (χ1v) is 8.01. The summed E-state index contributed by atoms with van der Waals surface area (Å²) in [7, 11) is 0. The van der Waals surface area contributed by atoms with E-state index in [0.29, 0.717) is 22.7 Å². The first-order chi connectivity index (χ1) is 11.3. The van der Waals surface area contributed by atoms with Crippen LogP contribution < -0.4 is 5.32 Å². The smallest absolute Gasteiger partial charge is 0.326 e. The number of aliphatic carboxylic acids is 1. The van der Waals surface area contributed by atoms with Gasteiger partial charge in [0.15, 0.2) is 0 Å². The number of hydrogen-bond acceptors (Lipinski definition) is 3. The molecule has 1 heterocycles. The van der Waals surface area contributed by atoms with Gasteiger partial charge >= 0.3 is 5.97 Å². The van der Waals surface area contributed by atoms with Crippen molar-refractivity contribution in [2.24, 2.45) is 5.92 Å². The largest absolute Gasteiger partial charge is 0.480 e. The van der Waals surface area contributed by atoms with E-state index < -0.39 is 17.9 Å². The molecular weight excluding hydrogens is 330 g/mol. The van der Waals surface area contributed by atoms with Crippen LogP contribution in [0.1, 0.15) is 36.3 Å².